The van der Waals surface area contributed by atoms with Gasteiger partial charge in [-0.3, -0.25) is 4.79 Å². The van der Waals surface area contributed by atoms with Crippen molar-refractivity contribution in [3.05, 3.63) is 0 Å². The summed E-state index contributed by atoms with van der Waals surface area (Å²) in [5.41, 5.74) is -0.580. The van der Waals surface area contributed by atoms with Crippen LogP contribution in [-0.2, 0) is 4.79 Å². The fourth-order valence-electron chi connectivity index (χ4n) is 2.20. The summed E-state index contributed by atoms with van der Waals surface area (Å²) in [6.07, 6.45) is 0.696. The number of likely N-dealkylation sites (tertiary alicyclic amines) is 1. The Kier molecular flexibility index (Phi) is 3.77. The first-order valence-corrected chi connectivity index (χ1v) is 5.85. The molecule has 3 atom stereocenters. The highest BCUT2D eigenvalue weighted by Gasteiger charge is 2.36. The summed E-state index contributed by atoms with van der Waals surface area (Å²) >= 11 is 0. The molecule has 0 aliphatic carbocycles. The van der Waals surface area contributed by atoms with E-state index in [2.05, 4.69) is 18.7 Å². The Morgan fingerprint density at radius 3 is 2.20 bits per heavy atom. The van der Waals surface area contributed by atoms with Crippen LogP contribution >= 0.6 is 0 Å². The van der Waals surface area contributed by atoms with Gasteiger partial charge in [-0.1, -0.05) is 20.8 Å². The maximum absolute atomic E-state index is 11.2. The number of rotatable bonds is 4. The molecular weight excluding hydrogens is 190 g/mol. The van der Waals surface area contributed by atoms with Gasteiger partial charge >= 0.3 is 5.97 Å². The van der Waals surface area contributed by atoms with Gasteiger partial charge < -0.3 is 10.0 Å². The predicted molar refractivity (Wildman–Crippen MR) is 60.8 cm³/mol. The fraction of sp³-hybridized carbons (Fsp3) is 0.917. The van der Waals surface area contributed by atoms with E-state index in [-0.39, 0.29) is 0 Å². The lowest BCUT2D eigenvalue weighted by atomic mass is 9.87. The monoisotopic (exact) mass is 213 g/mol. The van der Waals surface area contributed by atoms with Crippen LogP contribution in [0.3, 0.4) is 0 Å². The number of carboxylic acid groups (broad SMARTS) is 1. The molecule has 1 rings (SSSR count). The molecule has 1 saturated heterocycles. The van der Waals surface area contributed by atoms with E-state index in [9.17, 15) is 9.90 Å². The van der Waals surface area contributed by atoms with Crippen LogP contribution in [0.25, 0.3) is 0 Å². The molecule has 0 aromatic heterocycles. The molecule has 0 amide bonds. The van der Waals surface area contributed by atoms with Crippen molar-refractivity contribution in [3.8, 4) is 0 Å². The van der Waals surface area contributed by atoms with Gasteiger partial charge in [0.2, 0.25) is 0 Å². The first kappa shape index (κ1) is 12.5. The largest absolute Gasteiger partial charge is 0.481 e. The van der Waals surface area contributed by atoms with Gasteiger partial charge in [0, 0.05) is 19.6 Å². The van der Waals surface area contributed by atoms with Crippen LogP contribution in [0, 0.1) is 17.3 Å². The maximum Gasteiger partial charge on any atom is 0.310 e. The van der Waals surface area contributed by atoms with Crippen molar-refractivity contribution in [1.82, 2.24) is 4.90 Å². The molecule has 3 nitrogen and oxygen atoms in total. The van der Waals surface area contributed by atoms with Crippen molar-refractivity contribution in [2.75, 3.05) is 19.6 Å². The van der Waals surface area contributed by atoms with E-state index in [4.69, 9.17) is 0 Å². The second-order valence-corrected chi connectivity index (χ2v) is 5.37. The van der Waals surface area contributed by atoms with Gasteiger partial charge in [0.05, 0.1) is 5.41 Å². The lowest BCUT2D eigenvalue weighted by Crippen LogP contribution is -2.40. The van der Waals surface area contributed by atoms with Crippen LogP contribution in [0.1, 0.15) is 34.1 Å². The fourth-order valence-corrected chi connectivity index (χ4v) is 2.20. The first-order chi connectivity index (χ1) is 6.89. The number of aliphatic carboxylic acids is 1. The molecule has 3 unspecified atom stereocenters. The van der Waals surface area contributed by atoms with E-state index in [1.54, 1.807) is 0 Å². The molecule has 1 aliphatic heterocycles. The van der Waals surface area contributed by atoms with Crippen LogP contribution in [0.2, 0.25) is 0 Å². The van der Waals surface area contributed by atoms with E-state index in [0.717, 1.165) is 13.1 Å². The van der Waals surface area contributed by atoms with Crippen LogP contribution in [0.4, 0.5) is 0 Å². The van der Waals surface area contributed by atoms with Crippen molar-refractivity contribution < 1.29 is 9.90 Å². The number of nitrogens with zero attached hydrogens (tertiary/aromatic N) is 1. The third-order valence-corrected chi connectivity index (χ3v) is 3.93. The lowest BCUT2D eigenvalue weighted by Gasteiger charge is -2.28. The topological polar surface area (TPSA) is 40.5 Å². The molecule has 3 heteroatoms. The van der Waals surface area contributed by atoms with Gasteiger partial charge in [-0.15, -0.1) is 0 Å². The third kappa shape index (κ3) is 2.71. The zero-order valence-corrected chi connectivity index (χ0v) is 10.3. The standard InChI is InChI=1S/C12H23NO2/c1-5-12(4,11(14)15)8-13-6-9(2)10(3)7-13/h9-10H,5-8H2,1-4H3,(H,14,15). The SMILES string of the molecule is CCC(C)(CN1CC(C)C(C)C1)C(=O)O. The van der Waals surface area contributed by atoms with Gasteiger partial charge in [0.1, 0.15) is 0 Å². The Bertz CT molecular complexity index is 232. The average molecular weight is 213 g/mol. The van der Waals surface area contributed by atoms with Gasteiger partial charge in [-0.05, 0) is 25.2 Å². The van der Waals surface area contributed by atoms with E-state index < -0.39 is 11.4 Å². The van der Waals surface area contributed by atoms with Crippen LogP contribution in [0.5, 0.6) is 0 Å². The minimum absolute atomic E-state index is 0.580. The normalized spacial score (nSPS) is 31.5. The molecular formula is C12H23NO2. The van der Waals surface area contributed by atoms with Crippen molar-refractivity contribution in [2.24, 2.45) is 17.3 Å². The minimum Gasteiger partial charge on any atom is -0.481 e. The number of hydrogen-bond acceptors (Lipinski definition) is 2. The van der Waals surface area contributed by atoms with Gasteiger partial charge in [0.25, 0.3) is 0 Å². The number of hydrogen-bond donors (Lipinski definition) is 1. The molecule has 0 radical (unpaired) electrons. The van der Waals surface area contributed by atoms with Gasteiger partial charge in [0.15, 0.2) is 0 Å². The summed E-state index contributed by atoms with van der Waals surface area (Å²) in [6.45, 7) is 11.1. The second-order valence-electron chi connectivity index (χ2n) is 5.37. The second kappa shape index (κ2) is 4.52. The quantitative estimate of drug-likeness (QED) is 0.777. The van der Waals surface area contributed by atoms with Crippen LogP contribution < -0.4 is 0 Å². The summed E-state index contributed by atoms with van der Waals surface area (Å²) in [5, 5.41) is 9.20. The molecule has 0 saturated carbocycles. The average Bonchev–Trinajstić information content (AvgIpc) is 2.45. The van der Waals surface area contributed by atoms with Crippen molar-refractivity contribution in [3.63, 3.8) is 0 Å². The molecule has 0 spiro atoms. The Morgan fingerprint density at radius 1 is 1.40 bits per heavy atom. The summed E-state index contributed by atoms with van der Waals surface area (Å²) < 4.78 is 0. The lowest BCUT2D eigenvalue weighted by molar-refractivity contribution is -0.149. The zero-order chi connectivity index (χ0) is 11.6. The van der Waals surface area contributed by atoms with E-state index in [1.807, 2.05) is 13.8 Å². The highest BCUT2D eigenvalue weighted by atomic mass is 16.4. The Morgan fingerprint density at radius 2 is 1.87 bits per heavy atom. The van der Waals surface area contributed by atoms with Crippen LogP contribution in [0.15, 0.2) is 0 Å². The maximum atomic E-state index is 11.2. The van der Waals surface area contributed by atoms with Crippen molar-refractivity contribution >= 4 is 5.97 Å². The summed E-state index contributed by atoms with van der Waals surface area (Å²) in [4.78, 5) is 13.5. The molecule has 1 N–H and O–H groups in total. The molecule has 1 fully saturated rings. The molecule has 0 aromatic carbocycles. The molecule has 88 valence electrons. The van der Waals surface area contributed by atoms with Gasteiger partial charge in [-0.2, -0.15) is 0 Å². The minimum atomic E-state index is -0.669. The van der Waals surface area contributed by atoms with Gasteiger partial charge in [-0.25, -0.2) is 0 Å². The van der Waals surface area contributed by atoms with E-state index in [0.29, 0.717) is 24.8 Å². The van der Waals surface area contributed by atoms with Crippen molar-refractivity contribution in [2.45, 2.75) is 34.1 Å². The van der Waals surface area contributed by atoms with E-state index >= 15 is 0 Å². The molecule has 1 heterocycles. The molecule has 15 heavy (non-hydrogen) atoms. The number of carboxylic acids is 1. The number of carbonyl (C=O) groups is 1. The van der Waals surface area contributed by atoms with E-state index in [1.165, 1.54) is 0 Å². The summed E-state index contributed by atoms with van der Waals surface area (Å²) in [5.74, 6) is 0.719. The first-order valence-electron chi connectivity index (χ1n) is 5.85. The van der Waals surface area contributed by atoms with Crippen molar-refractivity contribution in [1.29, 1.82) is 0 Å². The Balaban J connectivity index is 2.58. The van der Waals surface area contributed by atoms with Crippen LogP contribution in [-0.4, -0.2) is 35.6 Å². The Hall–Kier alpha value is -0.570. The molecule has 1 aliphatic rings. The highest BCUT2D eigenvalue weighted by molar-refractivity contribution is 5.74. The zero-order valence-electron chi connectivity index (χ0n) is 10.3. The highest BCUT2D eigenvalue weighted by Crippen LogP contribution is 2.28. The predicted octanol–water partition coefficient (Wildman–Crippen LogP) is 2.08. The molecule has 0 bridgehead atoms. The summed E-state index contributed by atoms with van der Waals surface area (Å²) in [6, 6.07) is 0. The Labute approximate surface area is 92.5 Å². The summed E-state index contributed by atoms with van der Waals surface area (Å²) in [7, 11) is 0. The third-order valence-electron chi connectivity index (χ3n) is 3.93. The molecule has 0 aromatic rings. The smallest absolute Gasteiger partial charge is 0.310 e.